The van der Waals surface area contributed by atoms with Crippen molar-refractivity contribution in [3.63, 3.8) is 0 Å². The van der Waals surface area contributed by atoms with Crippen LogP contribution in [0.3, 0.4) is 0 Å². The van der Waals surface area contributed by atoms with Gasteiger partial charge >= 0.3 is 0 Å². The molecule has 1 aliphatic heterocycles. The fraction of sp³-hybridized carbons (Fsp3) is 0.727. The fourth-order valence-electron chi connectivity index (χ4n) is 2.28. The monoisotopic (exact) mass is 304 g/mol. The second-order valence-electron chi connectivity index (χ2n) is 4.73. The lowest BCUT2D eigenvalue weighted by Gasteiger charge is -2.31. The normalized spacial score (nSPS) is 21.6. The van der Waals surface area contributed by atoms with E-state index in [4.69, 9.17) is 0 Å². The third-order valence-corrected chi connectivity index (χ3v) is 5.39. The molecule has 1 atom stereocenters. The average Bonchev–Trinajstić information content (AvgIpc) is 2.90. The van der Waals surface area contributed by atoms with E-state index >= 15 is 0 Å². The number of piperidine rings is 1. The quantitative estimate of drug-likeness (QED) is 0.798. The van der Waals surface area contributed by atoms with Gasteiger partial charge in [0.1, 0.15) is 0 Å². The van der Waals surface area contributed by atoms with Crippen LogP contribution in [0.1, 0.15) is 18.5 Å². The van der Waals surface area contributed by atoms with Crippen LogP contribution in [0.4, 0.5) is 0 Å². The lowest BCUT2D eigenvalue weighted by atomic mass is 10.00. The smallest absolute Gasteiger partial charge is 0.279 e. The first-order valence-corrected chi connectivity index (χ1v) is 8.76. The fourth-order valence-corrected chi connectivity index (χ4v) is 4.13. The number of nitrogens with zero attached hydrogens (tertiary/aromatic N) is 2. The Morgan fingerprint density at radius 2 is 2.42 bits per heavy atom. The van der Waals surface area contributed by atoms with E-state index in [1.165, 1.54) is 11.3 Å². The first-order valence-electron chi connectivity index (χ1n) is 6.38. The van der Waals surface area contributed by atoms with Gasteiger partial charge in [-0.2, -0.15) is 17.4 Å². The molecule has 108 valence electrons. The number of aromatic nitrogens is 1. The minimum absolute atomic E-state index is 0.263. The van der Waals surface area contributed by atoms with Gasteiger partial charge in [0.2, 0.25) is 0 Å². The van der Waals surface area contributed by atoms with E-state index < -0.39 is 10.2 Å². The van der Waals surface area contributed by atoms with Gasteiger partial charge in [0, 0.05) is 18.5 Å². The Morgan fingerprint density at radius 1 is 1.58 bits per heavy atom. The maximum absolute atomic E-state index is 12.2. The molecule has 1 unspecified atom stereocenters. The lowest BCUT2D eigenvalue weighted by Crippen LogP contribution is -2.47. The van der Waals surface area contributed by atoms with Crippen LogP contribution in [0.25, 0.3) is 0 Å². The molecule has 0 amide bonds. The molecule has 19 heavy (non-hydrogen) atoms. The Bertz CT molecular complexity index is 473. The Kier molecular flexibility index (Phi) is 5.28. The molecule has 0 saturated carbocycles. The van der Waals surface area contributed by atoms with Gasteiger partial charge < -0.3 is 5.32 Å². The van der Waals surface area contributed by atoms with Crippen LogP contribution in [0.5, 0.6) is 0 Å². The van der Waals surface area contributed by atoms with Crippen LogP contribution in [0, 0.1) is 5.92 Å². The molecule has 0 aromatic carbocycles. The molecular formula is C11H20N4O2S2. The Balaban J connectivity index is 1.91. The van der Waals surface area contributed by atoms with E-state index in [1.54, 1.807) is 9.82 Å². The van der Waals surface area contributed by atoms with E-state index in [1.807, 2.05) is 12.4 Å². The second-order valence-corrected chi connectivity index (χ2v) is 7.20. The minimum atomic E-state index is -3.39. The van der Waals surface area contributed by atoms with Crippen molar-refractivity contribution in [1.29, 1.82) is 0 Å². The number of nitrogens with one attached hydrogen (secondary N) is 2. The van der Waals surface area contributed by atoms with Crippen LogP contribution in [-0.4, -0.2) is 44.4 Å². The molecule has 0 radical (unpaired) electrons. The summed E-state index contributed by atoms with van der Waals surface area (Å²) in [6, 6.07) is 0. The van der Waals surface area contributed by atoms with Crippen LogP contribution in [0.15, 0.2) is 10.9 Å². The Morgan fingerprint density at radius 3 is 3.11 bits per heavy atom. The molecule has 1 saturated heterocycles. The highest BCUT2D eigenvalue weighted by Crippen LogP contribution is 2.18. The molecule has 1 aliphatic rings. The van der Waals surface area contributed by atoms with Gasteiger partial charge in [0.15, 0.2) is 0 Å². The zero-order chi connectivity index (χ0) is 13.7. The zero-order valence-electron chi connectivity index (χ0n) is 11.0. The third kappa shape index (κ3) is 4.22. The summed E-state index contributed by atoms with van der Waals surface area (Å²) in [5, 5.41) is 4.96. The maximum atomic E-state index is 12.2. The second kappa shape index (κ2) is 6.76. The summed E-state index contributed by atoms with van der Waals surface area (Å²) in [4.78, 5) is 4.07. The van der Waals surface area contributed by atoms with Crippen molar-refractivity contribution in [2.75, 3.05) is 26.7 Å². The van der Waals surface area contributed by atoms with Crippen LogP contribution >= 0.6 is 11.3 Å². The highest BCUT2D eigenvalue weighted by atomic mass is 32.2. The summed E-state index contributed by atoms with van der Waals surface area (Å²) in [6.45, 7) is 2.32. The standard InChI is InChI=1S/C11H20N4O2S2/c1-12-5-10-3-2-4-15(7-10)19(16,17)14-6-11-8-18-9-13-11/h8-10,12,14H,2-7H2,1H3. The van der Waals surface area contributed by atoms with Crippen molar-refractivity contribution >= 4 is 21.5 Å². The summed E-state index contributed by atoms with van der Waals surface area (Å²) < 4.78 is 28.6. The van der Waals surface area contributed by atoms with E-state index in [0.717, 1.165) is 25.1 Å². The first-order chi connectivity index (χ1) is 9.12. The van der Waals surface area contributed by atoms with Crippen LogP contribution in [0.2, 0.25) is 0 Å². The third-order valence-electron chi connectivity index (χ3n) is 3.23. The van der Waals surface area contributed by atoms with Crippen molar-refractivity contribution in [3.05, 3.63) is 16.6 Å². The molecule has 2 N–H and O–H groups in total. The molecule has 1 aromatic rings. The van der Waals surface area contributed by atoms with E-state index in [9.17, 15) is 8.42 Å². The van der Waals surface area contributed by atoms with E-state index in [-0.39, 0.29) is 6.54 Å². The van der Waals surface area contributed by atoms with Gasteiger partial charge in [-0.05, 0) is 32.4 Å². The number of thiazole rings is 1. The van der Waals surface area contributed by atoms with E-state index in [2.05, 4.69) is 15.0 Å². The Labute approximate surface area is 118 Å². The Hall–Kier alpha value is -0.540. The number of hydrogen-bond acceptors (Lipinski definition) is 5. The van der Waals surface area contributed by atoms with Gasteiger partial charge in [-0.15, -0.1) is 11.3 Å². The molecule has 0 spiro atoms. The van der Waals surface area contributed by atoms with Gasteiger partial charge in [-0.25, -0.2) is 4.98 Å². The van der Waals surface area contributed by atoms with Crippen molar-refractivity contribution < 1.29 is 8.42 Å². The summed E-state index contributed by atoms with van der Waals surface area (Å²) in [6.07, 6.45) is 2.00. The topological polar surface area (TPSA) is 74.3 Å². The van der Waals surface area contributed by atoms with Gasteiger partial charge in [-0.1, -0.05) is 0 Å². The van der Waals surface area contributed by atoms with E-state index in [0.29, 0.717) is 19.0 Å². The first kappa shape index (κ1) is 14.9. The number of hydrogen-bond donors (Lipinski definition) is 2. The molecule has 0 aliphatic carbocycles. The minimum Gasteiger partial charge on any atom is -0.319 e. The summed E-state index contributed by atoms with van der Waals surface area (Å²) in [5.74, 6) is 0.398. The van der Waals surface area contributed by atoms with Crippen molar-refractivity contribution in [2.24, 2.45) is 5.92 Å². The predicted octanol–water partition coefficient (Wildman–Crippen LogP) is 0.409. The van der Waals surface area contributed by atoms with Crippen molar-refractivity contribution in [3.8, 4) is 0 Å². The van der Waals surface area contributed by atoms with Gasteiger partial charge in [0.05, 0.1) is 17.7 Å². The maximum Gasteiger partial charge on any atom is 0.279 e. The van der Waals surface area contributed by atoms with Gasteiger partial charge in [0.25, 0.3) is 10.2 Å². The summed E-state index contributed by atoms with van der Waals surface area (Å²) in [5.41, 5.74) is 2.46. The average molecular weight is 304 g/mol. The molecule has 8 heteroatoms. The lowest BCUT2D eigenvalue weighted by molar-refractivity contribution is 0.261. The highest BCUT2D eigenvalue weighted by molar-refractivity contribution is 7.87. The van der Waals surface area contributed by atoms with Gasteiger partial charge in [-0.3, -0.25) is 0 Å². The summed E-state index contributed by atoms with van der Waals surface area (Å²) >= 11 is 1.46. The number of rotatable bonds is 6. The molecule has 2 heterocycles. The molecule has 6 nitrogen and oxygen atoms in total. The highest BCUT2D eigenvalue weighted by Gasteiger charge is 2.28. The zero-order valence-corrected chi connectivity index (χ0v) is 12.6. The van der Waals surface area contributed by atoms with Crippen LogP contribution in [-0.2, 0) is 16.8 Å². The summed E-state index contributed by atoms with van der Waals surface area (Å²) in [7, 11) is -1.49. The molecule has 1 fully saturated rings. The van der Waals surface area contributed by atoms with Crippen molar-refractivity contribution in [2.45, 2.75) is 19.4 Å². The predicted molar refractivity (Wildman–Crippen MR) is 76.1 cm³/mol. The van der Waals surface area contributed by atoms with Crippen LogP contribution < -0.4 is 10.0 Å². The van der Waals surface area contributed by atoms with Crippen molar-refractivity contribution in [1.82, 2.24) is 19.3 Å². The molecule has 2 rings (SSSR count). The molecule has 1 aromatic heterocycles. The molecular weight excluding hydrogens is 284 g/mol. The SMILES string of the molecule is CNCC1CCCN(S(=O)(=O)NCc2cscn2)C1. The molecule has 0 bridgehead atoms. The largest absolute Gasteiger partial charge is 0.319 e.